The molecule has 0 aromatic heterocycles. The summed E-state index contributed by atoms with van der Waals surface area (Å²) in [6.07, 6.45) is 0.847. The Hall–Kier alpha value is -1.69. The summed E-state index contributed by atoms with van der Waals surface area (Å²) in [5.41, 5.74) is 5.62. The third-order valence-corrected chi connectivity index (χ3v) is 3.65. The minimum Gasteiger partial charge on any atom is -0.481 e. The van der Waals surface area contributed by atoms with E-state index in [1.807, 2.05) is 6.92 Å². The molecular formula is C14H18F2N2O2. The molecule has 110 valence electrons. The van der Waals surface area contributed by atoms with Gasteiger partial charge in [0.2, 0.25) is 0 Å². The highest BCUT2D eigenvalue weighted by molar-refractivity contribution is 5.78. The van der Waals surface area contributed by atoms with Gasteiger partial charge in [-0.3, -0.25) is 4.79 Å². The fourth-order valence-corrected chi connectivity index (χ4v) is 2.23. The molecule has 1 saturated heterocycles. The largest absolute Gasteiger partial charge is 0.481 e. The lowest BCUT2D eigenvalue weighted by molar-refractivity contribution is -0.132. The molecule has 0 bridgehead atoms. The van der Waals surface area contributed by atoms with Gasteiger partial charge in [0.15, 0.2) is 18.2 Å². The summed E-state index contributed by atoms with van der Waals surface area (Å²) in [6, 6.07) is 2.98. The third kappa shape index (κ3) is 3.25. The molecule has 20 heavy (non-hydrogen) atoms. The van der Waals surface area contributed by atoms with E-state index in [4.69, 9.17) is 10.5 Å². The van der Waals surface area contributed by atoms with E-state index in [9.17, 15) is 13.6 Å². The molecule has 1 amide bonds. The molecule has 0 saturated carbocycles. The van der Waals surface area contributed by atoms with E-state index in [0.29, 0.717) is 19.6 Å². The highest BCUT2D eigenvalue weighted by Crippen LogP contribution is 2.28. The summed E-state index contributed by atoms with van der Waals surface area (Å²) >= 11 is 0. The fraction of sp³-hybridized carbons (Fsp3) is 0.500. The fourth-order valence-electron chi connectivity index (χ4n) is 2.23. The van der Waals surface area contributed by atoms with Gasteiger partial charge in [-0.2, -0.15) is 0 Å². The minimum atomic E-state index is -0.814. The Bertz CT molecular complexity index is 510. The number of carbonyl (C=O) groups is 1. The van der Waals surface area contributed by atoms with Crippen molar-refractivity contribution in [2.75, 3.05) is 26.2 Å². The average molecular weight is 284 g/mol. The van der Waals surface area contributed by atoms with Crippen LogP contribution in [0.3, 0.4) is 0 Å². The Morgan fingerprint density at radius 2 is 2.25 bits per heavy atom. The maximum atomic E-state index is 13.3. The first kappa shape index (κ1) is 14.7. The smallest absolute Gasteiger partial charge is 0.260 e. The lowest BCUT2D eigenvalue weighted by Crippen LogP contribution is -2.36. The second kappa shape index (κ2) is 5.75. The molecule has 2 rings (SSSR count). The van der Waals surface area contributed by atoms with Gasteiger partial charge in [0, 0.05) is 19.2 Å². The van der Waals surface area contributed by atoms with Crippen LogP contribution in [0.2, 0.25) is 0 Å². The van der Waals surface area contributed by atoms with Crippen molar-refractivity contribution >= 4 is 5.91 Å². The van der Waals surface area contributed by atoms with Gasteiger partial charge in [0.25, 0.3) is 5.91 Å². The van der Waals surface area contributed by atoms with Crippen LogP contribution < -0.4 is 10.5 Å². The molecule has 1 aromatic carbocycles. The monoisotopic (exact) mass is 284 g/mol. The standard InChI is InChI=1S/C14H18F2N2O2/c1-14(8-17)4-5-18(9-14)13(19)7-20-12-3-2-10(15)6-11(12)16/h2-3,6H,4-5,7-9,17H2,1H3. The van der Waals surface area contributed by atoms with E-state index < -0.39 is 11.6 Å². The lowest BCUT2D eigenvalue weighted by Gasteiger charge is -2.22. The van der Waals surface area contributed by atoms with Crippen LogP contribution in [0.5, 0.6) is 5.75 Å². The summed E-state index contributed by atoms with van der Waals surface area (Å²) in [7, 11) is 0. The second-order valence-corrected chi connectivity index (χ2v) is 5.44. The number of benzene rings is 1. The van der Waals surface area contributed by atoms with Gasteiger partial charge < -0.3 is 15.4 Å². The third-order valence-electron chi connectivity index (χ3n) is 3.65. The SMILES string of the molecule is CC1(CN)CCN(C(=O)COc2ccc(F)cc2F)C1. The number of amides is 1. The van der Waals surface area contributed by atoms with Crippen molar-refractivity contribution in [2.24, 2.45) is 11.1 Å². The first-order chi connectivity index (χ1) is 9.43. The molecule has 6 heteroatoms. The van der Waals surface area contributed by atoms with E-state index in [-0.39, 0.29) is 23.7 Å². The molecule has 1 aliphatic heterocycles. The van der Waals surface area contributed by atoms with Gasteiger partial charge >= 0.3 is 0 Å². The minimum absolute atomic E-state index is 0.0587. The van der Waals surface area contributed by atoms with Crippen molar-refractivity contribution < 1.29 is 18.3 Å². The molecule has 0 aliphatic carbocycles. The highest BCUT2D eigenvalue weighted by atomic mass is 19.1. The summed E-state index contributed by atoms with van der Waals surface area (Å²) in [6.45, 7) is 3.49. The van der Waals surface area contributed by atoms with Gasteiger partial charge in [-0.25, -0.2) is 8.78 Å². The van der Waals surface area contributed by atoms with Gasteiger partial charge in [-0.05, 0) is 30.5 Å². The molecule has 0 radical (unpaired) electrons. The van der Waals surface area contributed by atoms with Crippen LogP contribution in [0, 0.1) is 17.0 Å². The molecule has 2 N–H and O–H groups in total. The number of likely N-dealkylation sites (tertiary alicyclic amines) is 1. The number of hydrogen-bond acceptors (Lipinski definition) is 3. The van der Waals surface area contributed by atoms with Crippen LogP contribution in [0.1, 0.15) is 13.3 Å². The number of hydrogen-bond donors (Lipinski definition) is 1. The zero-order valence-corrected chi connectivity index (χ0v) is 11.4. The van der Waals surface area contributed by atoms with Crippen molar-refractivity contribution in [3.63, 3.8) is 0 Å². The highest BCUT2D eigenvalue weighted by Gasteiger charge is 2.34. The number of nitrogens with zero attached hydrogens (tertiary/aromatic N) is 1. The zero-order valence-electron chi connectivity index (χ0n) is 11.4. The molecule has 0 spiro atoms. The molecule has 1 aliphatic rings. The van der Waals surface area contributed by atoms with Crippen LogP contribution >= 0.6 is 0 Å². The van der Waals surface area contributed by atoms with Crippen molar-refractivity contribution in [1.82, 2.24) is 4.90 Å². The molecule has 1 fully saturated rings. The Kier molecular flexibility index (Phi) is 4.23. The number of rotatable bonds is 4. The maximum Gasteiger partial charge on any atom is 0.260 e. The van der Waals surface area contributed by atoms with E-state index in [0.717, 1.165) is 18.6 Å². The molecule has 4 nitrogen and oxygen atoms in total. The lowest BCUT2D eigenvalue weighted by atomic mass is 9.90. The molecule has 1 atom stereocenters. The van der Waals surface area contributed by atoms with Crippen molar-refractivity contribution in [3.05, 3.63) is 29.8 Å². The van der Waals surface area contributed by atoms with Gasteiger partial charge in [0.1, 0.15) is 5.82 Å². The summed E-state index contributed by atoms with van der Waals surface area (Å²) < 4.78 is 31.2. The second-order valence-electron chi connectivity index (χ2n) is 5.44. The maximum absolute atomic E-state index is 13.3. The average Bonchev–Trinajstić information content (AvgIpc) is 2.81. The summed E-state index contributed by atoms with van der Waals surface area (Å²) in [4.78, 5) is 13.6. The van der Waals surface area contributed by atoms with Crippen molar-refractivity contribution in [2.45, 2.75) is 13.3 Å². The topological polar surface area (TPSA) is 55.6 Å². The van der Waals surface area contributed by atoms with Crippen LogP contribution in [0.4, 0.5) is 8.78 Å². The van der Waals surface area contributed by atoms with Crippen LogP contribution in [-0.2, 0) is 4.79 Å². The van der Waals surface area contributed by atoms with E-state index >= 15 is 0 Å². The quantitative estimate of drug-likeness (QED) is 0.912. The van der Waals surface area contributed by atoms with Gasteiger partial charge in [0.05, 0.1) is 0 Å². The Balaban J connectivity index is 1.90. The number of nitrogens with two attached hydrogens (primary N) is 1. The van der Waals surface area contributed by atoms with Crippen LogP contribution in [0.15, 0.2) is 18.2 Å². The molecule has 1 aromatic rings. The summed E-state index contributed by atoms with van der Waals surface area (Å²) in [5, 5.41) is 0. The number of halogens is 2. The number of ether oxygens (including phenoxy) is 1. The van der Waals surface area contributed by atoms with E-state index in [1.54, 1.807) is 4.90 Å². The zero-order chi connectivity index (χ0) is 14.8. The molecular weight excluding hydrogens is 266 g/mol. The predicted octanol–water partition coefficient (Wildman–Crippen LogP) is 1.54. The van der Waals surface area contributed by atoms with Crippen LogP contribution in [-0.4, -0.2) is 37.0 Å². The summed E-state index contributed by atoms with van der Waals surface area (Å²) in [5.74, 6) is -1.84. The number of carbonyl (C=O) groups excluding carboxylic acids is 1. The van der Waals surface area contributed by atoms with Crippen molar-refractivity contribution in [3.8, 4) is 5.75 Å². The van der Waals surface area contributed by atoms with Gasteiger partial charge in [-0.1, -0.05) is 6.92 Å². The van der Waals surface area contributed by atoms with Gasteiger partial charge in [-0.15, -0.1) is 0 Å². The first-order valence-corrected chi connectivity index (χ1v) is 6.49. The molecule has 1 unspecified atom stereocenters. The predicted molar refractivity (Wildman–Crippen MR) is 70.2 cm³/mol. The van der Waals surface area contributed by atoms with E-state index in [1.165, 1.54) is 6.07 Å². The Morgan fingerprint density at radius 1 is 1.50 bits per heavy atom. The van der Waals surface area contributed by atoms with Crippen LogP contribution in [0.25, 0.3) is 0 Å². The molecule has 1 heterocycles. The van der Waals surface area contributed by atoms with E-state index in [2.05, 4.69) is 0 Å². The Morgan fingerprint density at radius 3 is 2.85 bits per heavy atom. The first-order valence-electron chi connectivity index (χ1n) is 6.49. The normalized spacial score (nSPS) is 22.1. The Labute approximate surface area is 116 Å². The van der Waals surface area contributed by atoms with Crippen molar-refractivity contribution in [1.29, 1.82) is 0 Å².